The number of hydrogen-bond donors (Lipinski definition) is 1. The van der Waals surface area contributed by atoms with Crippen LogP contribution in [0.4, 0.5) is 0 Å². The molecule has 0 heterocycles. The van der Waals surface area contributed by atoms with Gasteiger partial charge in [-0.2, -0.15) is 0 Å². The zero-order valence-electron chi connectivity index (χ0n) is 10.5. The molecule has 1 heteroatoms. The van der Waals surface area contributed by atoms with Crippen LogP contribution >= 0.6 is 0 Å². The maximum atomic E-state index is 8.81. The van der Waals surface area contributed by atoms with Gasteiger partial charge in [-0.05, 0) is 30.6 Å². The molecule has 1 unspecified atom stereocenters. The van der Waals surface area contributed by atoms with Crippen molar-refractivity contribution in [2.45, 2.75) is 66.2 Å². The lowest BCUT2D eigenvalue weighted by Gasteiger charge is -2.28. The molecule has 0 saturated carbocycles. The first-order valence-electron chi connectivity index (χ1n) is 6.12. The molecule has 1 N–H and O–H groups in total. The van der Waals surface area contributed by atoms with Crippen molar-refractivity contribution in [2.75, 3.05) is 6.61 Å². The highest BCUT2D eigenvalue weighted by atomic mass is 16.2. The van der Waals surface area contributed by atoms with Crippen LogP contribution in [0.25, 0.3) is 0 Å². The van der Waals surface area contributed by atoms with Crippen molar-refractivity contribution in [2.24, 2.45) is 11.3 Å². The Morgan fingerprint density at radius 1 is 1.21 bits per heavy atom. The smallest absolute Gasteiger partial charge is 0.0431 e. The van der Waals surface area contributed by atoms with E-state index >= 15 is 0 Å². The van der Waals surface area contributed by atoms with Crippen molar-refractivity contribution in [3.05, 3.63) is 0 Å². The molecule has 0 bridgehead atoms. The monoisotopic (exact) mass is 200 g/mol. The van der Waals surface area contributed by atoms with E-state index in [4.69, 9.17) is 5.11 Å². The normalized spacial score (nSPS) is 14.4. The molecule has 0 aliphatic rings. The molecule has 0 aromatic carbocycles. The van der Waals surface area contributed by atoms with Crippen LogP contribution < -0.4 is 0 Å². The zero-order valence-corrected chi connectivity index (χ0v) is 10.5. The summed E-state index contributed by atoms with van der Waals surface area (Å²) in [6.07, 6.45) is 7.43. The van der Waals surface area contributed by atoms with Gasteiger partial charge in [0.15, 0.2) is 0 Å². The number of unbranched alkanes of at least 4 members (excludes halogenated alkanes) is 1. The van der Waals surface area contributed by atoms with Gasteiger partial charge in [-0.3, -0.25) is 0 Å². The van der Waals surface area contributed by atoms with Crippen LogP contribution in [0, 0.1) is 11.3 Å². The summed E-state index contributed by atoms with van der Waals surface area (Å²) in [5.74, 6) is 0.837. The Balaban J connectivity index is 3.70. The molecule has 0 aliphatic heterocycles. The van der Waals surface area contributed by atoms with E-state index in [9.17, 15) is 0 Å². The van der Waals surface area contributed by atoms with E-state index in [1.54, 1.807) is 0 Å². The second kappa shape index (κ2) is 7.28. The highest BCUT2D eigenvalue weighted by Gasteiger charge is 2.20. The molecule has 0 saturated heterocycles. The van der Waals surface area contributed by atoms with E-state index in [1.807, 2.05) is 0 Å². The first-order valence-corrected chi connectivity index (χ1v) is 6.12. The van der Waals surface area contributed by atoms with Crippen molar-refractivity contribution in [3.8, 4) is 0 Å². The molecule has 1 nitrogen and oxygen atoms in total. The minimum atomic E-state index is 0.340. The molecule has 0 aromatic rings. The van der Waals surface area contributed by atoms with Crippen LogP contribution in [-0.4, -0.2) is 11.7 Å². The summed E-state index contributed by atoms with van der Waals surface area (Å²) >= 11 is 0. The van der Waals surface area contributed by atoms with E-state index in [0.717, 1.165) is 18.8 Å². The SMILES string of the molecule is CCCCC(C)CC(C)(C)CCCO. The Hall–Kier alpha value is -0.0400. The van der Waals surface area contributed by atoms with Crippen LogP contribution in [0.5, 0.6) is 0 Å². The van der Waals surface area contributed by atoms with E-state index < -0.39 is 0 Å². The fourth-order valence-corrected chi connectivity index (χ4v) is 2.26. The fourth-order valence-electron chi connectivity index (χ4n) is 2.26. The minimum absolute atomic E-state index is 0.340. The zero-order chi connectivity index (χ0) is 11.0. The molecule has 0 fully saturated rings. The van der Waals surface area contributed by atoms with Crippen LogP contribution in [0.3, 0.4) is 0 Å². The Morgan fingerprint density at radius 3 is 2.36 bits per heavy atom. The first-order chi connectivity index (χ1) is 6.52. The molecule has 1 atom stereocenters. The van der Waals surface area contributed by atoms with E-state index in [0.29, 0.717) is 12.0 Å². The van der Waals surface area contributed by atoms with Gasteiger partial charge < -0.3 is 5.11 Å². The Kier molecular flexibility index (Phi) is 7.26. The predicted octanol–water partition coefficient (Wildman–Crippen LogP) is 4.00. The number of rotatable bonds is 8. The third-order valence-corrected chi connectivity index (χ3v) is 2.96. The van der Waals surface area contributed by atoms with Gasteiger partial charge in [-0.15, -0.1) is 0 Å². The molecule has 14 heavy (non-hydrogen) atoms. The van der Waals surface area contributed by atoms with Crippen molar-refractivity contribution in [3.63, 3.8) is 0 Å². The summed E-state index contributed by atoms with van der Waals surface area (Å²) in [7, 11) is 0. The summed E-state index contributed by atoms with van der Waals surface area (Å²) in [6.45, 7) is 9.60. The van der Waals surface area contributed by atoms with E-state index in [1.165, 1.54) is 25.7 Å². The van der Waals surface area contributed by atoms with Crippen LogP contribution in [0.2, 0.25) is 0 Å². The van der Waals surface area contributed by atoms with Gasteiger partial charge in [-0.25, -0.2) is 0 Å². The van der Waals surface area contributed by atoms with Crippen LogP contribution in [0.15, 0.2) is 0 Å². The Labute approximate surface area is 89.9 Å². The third-order valence-electron chi connectivity index (χ3n) is 2.96. The largest absolute Gasteiger partial charge is 0.396 e. The summed E-state index contributed by atoms with van der Waals surface area (Å²) in [4.78, 5) is 0. The molecule has 0 spiro atoms. The molecule has 86 valence electrons. The van der Waals surface area contributed by atoms with Crippen molar-refractivity contribution < 1.29 is 5.11 Å². The van der Waals surface area contributed by atoms with Gasteiger partial charge in [-0.1, -0.05) is 47.0 Å². The van der Waals surface area contributed by atoms with Gasteiger partial charge in [0.05, 0.1) is 0 Å². The first kappa shape index (κ1) is 14.0. The van der Waals surface area contributed by atoms with Gasteiger partial charge in [0.1, 0.15) is 0 Å². The maximum Gasteiger partial charge on any atom is 0.0431 e. The van der Waals surface area contributed by atoms with Crippen molar-refractivity contribution >= 4 is 0 Å². The molecular formula is C13H28O. The number of aliphatic hydroxyl groups is 1. The van der Waals surface area contributed by atoms with Gasteiger partial charge in [0, 0.05) is 6.61 Å². The second-order valence-electron chi connectivity index (χ2n) is 5.44. The summed E-state index contributed by atoms with van der Waals surface area (Å²) in [5, 5.41) is 8.81. The average Bonchev–Trinajstić information content (AvgIpc) is 2.11. The topological polar surface area (TPSA) is 20.2 Å². The lowest BCUT2D eigenvalue weighted by molar-refractivity contribution is 0.207. The van der Waals surface area contributed by atoms with Gasteiger partial charge in [0.2, 0.25) is 0 Å². The summed E-state index contributed by atoms with van der Waals surface area (Å²) < 4.78 is 0. The van der Waals surface area contributed by atoms with Crippen LogP contribution in [-0.2, 0) is 0 Å². The minimum Gasteiger partial charge on any atom is -0.396 e. The third kappa shape index (κ3) is 7.37. The predicted molar refractivity (Wildman–Crippen MR) is 63.4 cm³/mol. The highest BCUT2D eigenvalue weighted by molar-refractivity contribution is 4.71. The highest BCUT2D eigenvalue weighted by Crippen LogP contribution is 2.32. The molecule has 0 aromatic heterocycles. The molecular weight excluding hydrogens is 172 g/mol. The second-order valence-corrected chi connectivity index (χ2v) is 5.44. The fraction of sp³-hybridized carbons (Fsp3) is 1.00. The van der Waals surface area contributed by atoms with Gasteiger partial charge in [0.25, 0.3) is 0 Å². The quantitative estimate of drug-likeness (QED) is 0.628. The number of hydrogen-bond acceptors (Lipinski definition) is 1. The molecule has 0 aliphatic carbocycles. The van der Waals surface area contributed by atoms with E-state index in [2.05, 4.69) is 27.7 Å². The van der Waals surface area contributed by atoms with Crippen LogP contribution in [0.1, 0.15) is 66.2 Å². The Bertz CT molecular complexity index is 129. The molecule has 0 amide bonds. The molecule has 0 rings (SSSR count). The van der Waals surface area contributed by atoms with Gasteiger partial charge >= 0.3 is 0 Å². The Morgan fingerprint density at radius 2 is 1.86 bits per heavy atom. The lowest BCUT2D eigenvalue weighted by atomic mass is 9.78. The maximum absolute atomic E-state index is 8.81. The average molecular weight is 200 g/mol. The molecule has 0 radical (unpaired) electrons. The van der Waals surface area contributed by atoms with Crippen molar-refractivity contribution in [1.82, 2.24) is 0 Å². The summed E-state index contributed by atoms with van der Waals surface area (Å²) in [5.41, 5.74) is 0.413. The number of aliphatic hydroxyl groups excluding tert-OH is 1. The summed E-state index contributed by atoms with van der Waals surface area (Å²) in [6, 6.07) is 0. The van der Waals surface area contributed by atoms with E-state index in [-0.39, 0.29) is 0 Å². The van der Waals surface area contributed by atoms with Crippen molar-refractivity contribution in [1.29, 1.82) is 0 Å². The standard InChI is InChI=1S/C13H28O/c1-5-6-8-12(2)11-13(3,4)9-7-10-14/h12,14H,5-11H2,1-4H3. The lowest BCUT2D eigenvalue weighted by Crippen LogP contribution is -2.16.